The number of aromatic amines is 1. The van der Waals surface area contributed by atoms with E-state index in [1.54, 1.807) is 24.7 Å². The Morgan fingerprint density at radius 2 is 2.31 bits per heavy atom. The Morgan fingerprint density at radius 3 is 3.12 bits per heavy atom. The maximum Gasteiger partial charge on any atom is 0.123 e. The number of hydrogen-bond donors (Lipinski definition) is 1. The molecule has 0 saturated heterocycles. The number of hydrogen-bond acceptors (Lipinski definition) is 1. The van der Waals surface area contributed by atoms with Gasteiger partial charge in [0, 0.05) is 29.5 Å². The van der Waals surface area contributed by atoms with E-state index in [0.29, 0.717) is 6.54 Å². The van der Waals surface area contributed by atoms with E-state index in [0.717, 1.165) is 16.5 Å². The van der Waals surface area contributed by atoms with Crippen LogP contribution in [0.4, 0.5) is 4.39 Å². The molecule has 1 N–H and O–H groups in total. The highest BCUT2D eigenvalue weighted by Crippen LogP contribution is 2.20. The first kappa shape index (κ1) is 9.15. The monoisotopic (exact) mass is 215 g/mol. The number of nitrogens with zero attached hydrogens (tertiary/aromatic N) is 2. The molecule has 3 aromatic rings. The van der Waals surface area contributed by atoms with Gasteiger partial charge in [0.2, 0.25) is 0 Å². The highest BCUT2D eigenvalue weighted by molar-refractivity contribution is 5.83. The minimum absolute atomic E-state index is 0.209. The van der Waals surface area contributed by atoms with Crippen LogP contribution in [0.2, 0.25) is 0 Å². The number of nitrogens with one attached hydrogen (secondary N) is 1. The zero-order chi connectivity index (χ0) is 11.0. The first-order valence-corrected chi connectivity index (χ1v) is 5.04. The Hall–Kier alpha value is -2.10. The average Bonchev–Trinajstić information content (AvgIpc) is 2.90. The lowest BCUT2D eigenvalue weighted by Crippen LogP contribution is -1.94. The number of fused-ring (bicyclic) bond motifs is 1. The normalized spacial score (nSPS) is 11.1. The van der Waals surface area contributed by atoms with Crippen molar-refractivity contribution in [3.8, 4) is 0 Å². The molecular weight excluding hydrogens is 205 g/mol. The molecular formula is C12H10FN3. The number of benzene rings is 1. The molecule has 16 heavy (non-hydrogen) atoms. The molecule has 0 bridgehead atoms. The van der Waals surface area contributed by atoms with Crippen LogP contribution in [0.3, 0.4) is 0 Å². The quantitative estimate of drug-likeness (QED) is 0.700. The van der Waals surface area contributed by atoms with Crippen molar-refractivity contribution >= 4 is 10.9 Å². The second-order valence-electron chi connectivity index (χ2n) is 3.74. The number of aromatic nitrogens is 3. The van der Waals surface area contributed by atoms with Crippen LogP contribution in [0.25, 0.3) is 10.9 Å². The van der Waals surface area contributed by atoms with Crippen LogP contribution in [-0.4, -0.2) is 14.5 Å². The van der Waals surface area contributed by atoms with Gasteiger partial charge < -0.3 is 9.55 Å². The second kappa shape index (κ2) is 3.48. The summed E-state index contributed by atoms with van der Waals surface area (Å²) in [4.78, 5) is 7.11. The summed E-state index contributed by atoms with van der Waals surface area (Å²) in [6, 6.07) is 4.76. The molecule has 0 radical (unpaired) electrons. The number of H-pyrrole nitrogens is 1. The molecule has 1 aromatic carbocycles. The van der Waals surface area contributed by atoms with Crippen molar-refractivity contribution in [1.82, 2.24) is 14.5 Å². The molecule has 2 heterocycles. The average molecular weight is 215 g/mol. The van der Waals surface area contributed by atoms with Crippen LogP contribution in [-0.2, 0) is 6.54 Å². The molecule has 4 heteroatoms. The number of rotatable bonds is 2. The van der Waals surface area contributed by atoms with Gasteiger partial charge in [0.15, 0.2) is 0 Å². The maximum absolute atomic E-state index is 13.1. The maximum atomic E-state index is 13.1. The predicted molar refractivity (Wildman–Crippen MR) is 59.6 cm³/mol. The first-order chi connectivity index (χ1) is 7.83. The lowest BCUT2D eigenvalue weighted by atomic mass is 10.2. The molecule has 0 aliphatic heterocycles. The summed E-state index contributed by atoms with van der Waals surface area (Å²) in [6.07, 6.45) is 7.27. The van der Waals surface area contributed by atoms with Gasteiger partial charge in [-0.2, -0.15) is 0 Å². The van der Waals surface area contributed by atoms with Gasteiger partial charge in [-0.1, -0.05) is 0 Å². The molecule has 80 valence electrons. The summed E-state index contributed by atoms with van der Waals surface area (Å²) < 4.78 is 15.1. The van der Waals surface area contributed by atoms with Crippen LogP contribution in [0, 0.1) is 5.82 Å². The van der Waals surface area contributed by atoms with Crippen LogP contribution < -0.4 is 0 Å². The highest BCUT2D eigenvalue weighted by Gasteiger charge is 2.04. The predicted octanol–water partition coefficient (Wildman–Crippen LogP) is 2.55. The van der Waals surface area contributed by atoms with Crippen LogP contribution in [0.1, 0.15) is 5.56 Å². The SMILES string of the molecule is Fc1ccc2[nH]cc(Cn3ccnc3)c2c1. The fraction of sp³-hybridized carbons (Fsp3) is 0.0833. The standard InChI is InChI=1S/C12H10FN3/c13-10-1-2-12-11(5-10)9(6-15-12)7-16-4-3-14-8-16/h1-6,8,15H,7H2. The molecule has 0 aliphatic carbocycles. The lowest BCUT2D eigenvalue weighted by Gasteiger charge is -2.00. The van der Waals surface area contributed by atoms with E-state index in [1.807, 2.05) is 17.0 Å². The molecule has 0 spiro atoms. The summed E-state index contributed by atoms with van der Waals surface area (Å²) in [5.74, 6) is -0.209. The number of imidazole rings is 1. The van der Waals surface area contributed by atoms with Crippen LogP contribution in [0.5, 0.6) is 0 Å². The first-order valence-electron chi connectivity index (χ1n) is 5.04. The minimum atomic E-state index is -0.209. The van der Waals surface area contributed by atoms with Crippen molar-refractivity contribution in [2.24, 2.45) is 0 Å². The van der Waals surface area contributed by atoms with Crippen molar-refractivity contribution in [3.05, 3.63) is 54.5 Å². The molecule has 0 atom stereocenters. The van der Waals surface area contributed by atoms with E-state index < -0.39 is 0 Å². The van der Waals surface area contributed by atoms with Gasteiger partial charge in [-0.25, -0.2) is 9.37 Å². The molecule has 3 nitrogen and oxygen atoms in total. The van der Waals surface area contributed by atoms with Crippen molar-refractivity contribution in [1.29, 1.82) is 0 Å². The van der Waals surface area contributed by atoms with E-state index in [2.05, 4.69) is 9.97 Å². The van der Waals surface area contributed by atoms with Crippen molar-refractivity contribution in [2.75, 3.05) is 0 Å². The fourth-order valence-electron chi connectivity index (χ4n) is 1.86. The highest BCUT2D eigenvalue weighted by atomic mass is 19.1. The second-order valence-corrected chi connectivity index (χ2v) is 3.74. The van der Waals surface area contributed by atoms with Crippen molar-refractivity contribution < 1.29 is 4.39 Å². The van der Waals surface area contributed by atoms with Gasteiger partial charge in [0.25, 0.3) is 0 Å². The summed E-state index contributed by atoms with van der Waals surface area (Å²) in [6.45, 7) is 0.698. The fourth-order valence-corrected chi connectivity index (χ4v) is 1.86. The van der Waals surface area contributed by atoms with Gasteiger partial charge in [-0.15, -0.1) is 0 Å². The van der Waals surface area contributed by atoms with Gasteiger partial charge in [-0.05, 0) is 23.8 Å². The molecule has 0 unspecified atom stereocenters. The zero-order valence-corrected chi connectivity index (χ0v) is 8.52. The molecule has 0 saturated carbocycles. The van der Waals surface area contributed by atoms with Gasteiger partial charge >= 0.3 is 0 Å². The molecule has 3 rings (SSSR count). The van der Waals surface area contributed by atoms with E-state index in [4.69, 9.17) is 0 Å². The third kappa shape index (κ3) is 1.48. The Bertz CT molecular complexity index is 610. The lowest BCUT2D eigenvalue weighted by molar-refractivity contribution is 0.629. The Balaban J connectivity index is 2.07. The molecule has 0 fully saturated rings. The van der Waals surface area contributed by atoms with Gasteiger partial charge in [0.05, 0.1) is 12.9 Å². The largest absolute Gasteiger partial charge is 0.361 e. The summed E-state index contributed by atoms with van der Waals surface area (Å²) in [7, 11) is 0. The van der Waals surface area contributed by atoms with E-state index in [-0.39, 0.29) is 5.82 Å². The number of halogens is 1. The molecule has 0 aliphatic rings. The third-order valence-corrected chi connectivity index (χ3v) is 2.64. The third-order valence-electron chi connectivity index (χ3n) is 2.64. The molecule has 2 aromatic heterocycles. The van der Waals surface area contributed by atoms with E-state index in [1.165, 1.54) is 6.07 Å². The summed E-state index contributed by atoms with van der Waals surface area (Å²) in [5, 5.41) is 0.925. The zero-order valence-electron chi connectivity index (χ0n) is 8.52. The van der Waals surface area contributed by atoms with Gasteiger partial charge in [0.1, 0.15) is 5.82 Å². The smallest absolute Gasteiger partial charge is 0.123 e. The van der Waals surface area contributed by atoms with Crippen molar-refractivity contribution in [3.63, 3.8) is 0 Å². The van der Waals surface area contributed by atoms with E-state index >= 15 is 0 Å². The summed E-state index contributed by atoms with van der Waals surface area (Å²) in [5.41, 5.74) is 2.02. The van der Waals surface area contributed by atoms with E-state index in [9.17, 15) is 4.39 Å². The minimum Gasteiger partial charge on any atom is -0.361 e. The molecule has 0 amide bonds. The van der Waals surface area contributed by atoms with Crippen molar-refractivity contribution in [2.45, 2.75) is 6.54 Å². The summed E-state index contributed by atoms with van der Waals surface area (Å²) >= 11 is 0. The Labute approximate surface area is 91.5 Å². The van der Waals surface area contributed by atoms with Crippen LogP contribution in [0.15, 0.2) is 43.1 Å². The Kier molecular flexibility index (Phi) is 1.99. The Morgan fingerprint density at radius 1 is 1.38 bits per heavy atom. The van der Waals surface area contributed by atoms with Gasteiger partial charge in [-0.3, -0.25) is 0 Å². The topological polar surface area (TPSA) is 33.6 Å². The van der Waals surface area contributed by atoms with Crippen LogP contribution >= 0.6 is 0 Å².